The molecule has 2 saturated heterocycles. The van der Waals surface area contributed by atoms with E-state index in [-0.39, 0.29) is 19.5 Å². The van der Waals surface area contributed by atoms with Crippen molar-refractivity contribution < 1.29 is 19.5 Å². The quantitative estimate of drug-likeness (QED) is 0.579. The van der Waals surface area contributed by atoms with Crippen LogP contribution in [0.4, 0.5) is 0 Å². The molecule has 0 aromatic carbocycles. The van der Waals surface area contributed by atoms with Crippen molar-refractivity contribution >= 4 is 0 Å². The van der Waals surface area contributed by atoms with Gasteiger partial charge in [0, 0.05) is 0 Å². The van der Waals surface area contributed by atoms with Crippen molar-refractivity contribution in [2.24, 2.45) is 5.92 Å². The predicted molar refractivity (Wildman–Crippen MR) is 42.2 cm³/mol. The van der Waals surface area contributed by atoms with Crippen LogP contribution in [0.2, 0.25) is 0 Å². The Hall–Kier alpha value is 0.543. The second-order valence-electron chi connectivity index (χ2n) is 3.60. The van der Waals surface area contributed by atoms with Gasteiger partial charge in [-0.15, -0.1) is 12.6 Å². The minimum absolute atomic E-state index is 0. The van der Waals surface area contributed by atoms with Crippen molar-refractivity contribution in [3.8, 4) is 0 Å². The summed E-state index contributed by atoms with van der Waals surface area (Å²) in [5.74, 6) is 0.902. The third-order valence-corrected chi connectivity index (χ3v) is 2.69. The maximum absolute atomic E-state index is 4.60. The molecule has 0 aliphatic carbocycles. The number of likely N-dealkylation sites (tertiary alicyclic amines) is 1. The molecular formula is C8H15N2Ru. The van der Waals surface area contributed by atoms with Crippen LogP contribution in [-0.4, -0.2) is 37.6 Å². The Morgan fingerprint density at radius 3 is 2.91 bits per heavy atom. The smallest absolute Gasteiger partial charge is 0.658 e. The largest absolute Gasteiger partial charge is 1.00 e. The van der Waals surface area contributed by atoms with Crippen LogP contribution >= 0.6 is 0 Å². The Bertz CT molecular complexity index is 115. The first-order valence-electron chi connectivity index (χ1n) is 4.21. The van der Waals surface area contributed by atoms with Gasteiger partial charge in [0.15, 0.2) is 0 Å². The molecule has 2 nitrogen and oxygen atoms in total. The number of rotatable bonds is 0. The molecule has 2 rings (SSSR count). The first kappa shape index (κ1) is 9.63. The molecule has 11 heavy (non-hydrogen) atoms. The molecule has 0 spiro atoms. The fraction of sp³-hybridized carbons (Fsp3) is 1.00. The van der Waals surface area contributed by atoms with Crippen molar-refractivity contribution in [3.63, 3.8) is 0 Å². The second-order valence-corrected chi connectivity index (χ2v) is 3.60. The van der Waals surface area contributed by atoms with Crippen LogP contribution in [0.1, 0.15) is 12.8 Å². The number of hydrogen-bond acceptors (Lipinski definition) is 1. The Labute approximate surface area is 81.5 Å². The Morgan fingerprint density at radius 2 is 2.18 bits per heavy atom. The van der Waals surface area contributed by atoms with Gasteiger partial charge < -0.3 is 10.2 Å². The van der Waals surface area contributed by atoms with Gasteiger partial charge in [-0.2, -0.15) is 0 Å². The first-order chi connectivity index (χ1) is 4.86. The molecule has 2 aliphatic heterocycles. The summed E-state index contributed by atoms with van der Waals surface area (Å²) in [6.07, 6.45) is 2.74. The van der Waals surface area contributed by atoms with Gasteiger partial charge >= 0.3 is 19.5 Å². The van der Waals surface area contributed by atoms with Gasteiger partial charge in [0.25, 0.3) is 0 Å². The van der Waals surface area contributed by atoms with Crippen molar-refractivity contribution in [1.29, 1.82) is 0 Å². The van der Waals surface area contributed by atoms with E-state index in [0.29, 0.717) is 6.04 Å². The number of likely N-dealkylation sites (N-methyl/N-ethyl adjacent to an activating group) is 1. The van der Waals surface area contributed by atoms with Crippen molar-refractivity contribution in [3.05, 3.63) is 5.32 Å². The summed E-state index contributed by atoms with van der Waals surface area (Å²) >= 11 is 0. The normalized spacial score (nSPS) is 37.9. The van der Waals surface area contributed by atoms with E-state index in [1.165, 1.54) is 25.9 Å². The van der Waals surface area contributed by atoms with Crippen LogP contribution in [0.5, 0.6) is 0 Å². The van der Waals surface area contributed by atoms with Crippen LogP contribution < -0.4 is 0 Å². The van der Waals surface area contributed by atoms with Crippen LogP contribution in [0.25, 0.3) is 5.32 Å². The van der Waals surface area contributed by atoms with E-state index >= 15 is 0 Å². The molecule has 0 bridgehead atoms. The number of fused-ring (bicyclic) bond motifs is 1. The fourth-order valence-electron chi connectivity index (χ4n) is 2.17. The molecule has 0 N–H and O–H groups in total. The van der Waals surface area contributed by atoms with E-state index in [9.17, 15) is 0 Å². The summed E-state index contributed by atoms with van der Waals surface area (Å²) in [7, 11) is 2.20. The van der Waals surface area contributed by atoms with Gasteiger partial charge in [-0.1, -0.05) is 12.8 Å². The maximum Gasteiger partial charge on any atom is 1.00 e. The third-order valence-electron chi connectivity index (χ3n) is 2.69. The number of nitrogens with zero attached hydrogens (tertiary/aromatic N) is 2. The molecule has 0 aromatic rings. The zero-order valence-corrected chi connectivity index (χ0v) is 8.68. The number of piperidine rings is 1. The maximum atomic E-state index is 4.60. The second kappa shape index (κ2) is 3.97. The molecule has 2 aliphatic rings. The van der Waals surface area contributed by atoms with Crippen molar-refractivity contribution in [2.75, 3.05) is 26.7 Å². The average molecular weight is 240 g/mol. The Balaban J connectivity index is 0.000000605. The van der Waals surface area contributed by atoms with Gasteiger partial charge in [-0.3, -0.25) is 0 Å². The molecule has 2 fully saturated rings. The monoisotopic (exact) mass is 241 g/mol. The molecule has 2 unspecified atom stereocenters. The van der Waals surface area contributed by atoms with E-state index in [2.05, 4.69) is 17.3 Å². The Kier molecular flexibility index (Phi) is 3.48. The van der Waals surface area contributed by atoms with E-state index in [1.807, 2.05) is 0 Å². The molecule has 2 heterocycles. The van der Waals surface area contributed by atoms with Crippen LogP contribution in [-0.2, 0) is 19.5 Å². The van der Waals surface area contributed by atoms with Crippen LogP contribution in [0.15, 0.2) is 0 Å². The van der Waals surface area contributed by atoms with E-state index in [1.54, 1.807) is 0 Å². The summed E-state index contributed by atoms with van der Waals surface area (Å²) in [5.41, 5.74) is 0. The fourth-order valence-corrected chi connectivity index (χ4v) is 2.17. The molecule has 1 radical (unpaired) electrons. The predicted octanol–water partition coefficient (Wildman–Crippen LogP) is 1.08. The van der Waals surface area contributed by atoms with E-state index < -0.39 is 0 Å². The molecule has 65 valence electrons. The summed E-state index contributed by atoms with van der Waals surface area (Å²) in [4.78, 5) is 2.41. The third kappa shape index (κ3) is 2.01. The standard InChI is InChI=1S/C8H15N2.Ru/c1-10-5-7-3-2-4-9-8(7)6-10;/h7-8H,2-6H2,1H3;/q-1;+1. The topological polar surface area (TPSA) is 17.3 Å². The van der Waals surface area contributed by atoms with Gasteiger partial charge in [0.05, 0.1) is 0 Å². The molecule has 0 saturated carbocycles. The van der Waals surface area contributed by atoms with Gasteiger partial charge in [0.1, 0.15) is 0 Å². The Morgan fingerprint density at radius 1 is 1.36 bits per heavy atom. The minimum atomic E-state index is 0. The molecular weight excluding hydrogens is 225 g/mol. The van der Waals surface area contributed by atoms with Crippen LogP contribution in [0.3, 0.4) is 0 Å². The van der Waals surface area contributed by atoms with Gasteiger partial charge in [-0.25, -0.2) is 0 Å². The zero-order chi connectivity index (χ0) is 6.97. The summed E-state index contributed by atoms with van der Waals surface area (Å²) in [5, 5.41) is 4.60. The van der Waals surface area contributed by atoms with Gasteiger partial charge in [-0.05, 0) is 26.1 Å². The van der Waals surface area contributed by atoms with Gasteiger partial charge in [0.2, 0.25) is 0 Å². The van der Waals surface area contributed by atoms with Crippen molar-refractivity contribution in [2.45, 2.75) is 18.9 Å². The zero-order valence-electron chi connectivity index (χ0n) is 6.94. The number of hydrogen-bond donors (Lipinski definition) is 0. The minimum Gasteiger partial charge on any atom is -0.658 e. The summed E-state index contributed by atoms with van der Waals surface area (Å²) in [6, 6.07) is 0.693. The van der Waals surface area contributed by atoms with Crippen molar-refractivity contribution in [1.82, 2.24) is 4.90 Å². The van der Waals surface area contributed by atoms with E-state index in [4.69, 9.17) is 0 Å². The molecule has 2 atom stereocenters. The molecule has 0 aromatic heterocycles. The summed E-state index contributed by atoms with van der Waals surface area (Å²) < 4.78 is 0. The summed E-state index contributed by atoms with van der Waals surface area (Å²) in [6.45, 7) is 3.62. The SMILES string of the molecule is CN1CC2CCC[N-]C2C1.[Ru+]. The molecule has 0 amide bonds. The van der Waals surface area contributed by atoms with E-state index in [0.717, 1.165) is 12.5 Å². The first-order valence-corrected chi connectivity index (χ1v) is 4.21. The average Bonchev–Trinajstić information content (AvgIpc) is 2.27. The van der Waals surface area contributed by atoms with Crippen LogP contribution in [0, 0.1) is 5.92 Å². The molecule has 3 heteroatoms.